The van der Waals surface area contributed by atoms with E-state index in [0.29, 0.717) is 33.8 Å². The van der Waals surface area contributed by atoms with Gasteiger partial charge in [-0.1, -0.05) is 17.7 Å². The first-order valence-electron chi connectivity index (χ1n) is 10.4. The molecule has 7 heteroatoms. The summed E-state index contributed by atoms with van der Waals surface area (Å²) in [7, 11) is -4.07. The number of sulfone groups is 1. The second kappa shape index (κ2) is 8.96. The molecule has 4 aromatic rings. The zero-order chi connectivity index (χ0) is 23.8. The Balaban J connectivity index is 1.97. The van der Waals surface area contributed by atoms with Gasteiger partial charge in [-0.05, 0) is 86.5 Å². The van der Waals surface area contributed by atoms with Gasteiger partial charge in [0.1, 0.15) is 5.75 Å². The predicted molar refractivity (Wildman–Crippen MR) is 129 cm³/mol. The molecule has 0 radical (unpaired) electrons. The average molecular weight is 480 g/mol. The highest BCUT2D eigenvalue weighted by Crippen LogP contribution is 2.34. The Morgan fingerprint density at radius 1 is 0.970 bits per heavy atom. The number of ketones is 1. The maximum absolute atomic E-state index is 13.9. The number of hydrogen-bond acceptors (Lipinski definition) is 5. The molecule has 0 amide bonds. The number of aryl methyl sites for hydroxylation is 2. The summed E-state index contributed by atoms with van der Waals surface area (Å²) in [6, 6.07) is 16.3. The Morgan fingerprint density at radius 2 is 1.70 bits per heavy atom. The van der Waals surface area contributed by atoms with Crippen LogP contribution in [-0.4, -0.2) is 25.8 Å². The van der Waals surface area contributed by atoms with E-state index in [1.807, 2.05) is 20.8 Å². The van der Waals surface area contributed by atoms with Crippen LogP contribution in [0.2, 0.25) is 5.02 Å². The van der Waals surface area contributed by atoms with Crippen LogP contribution < -0.4 is 4.74 Å². The lowest BCUT2D eigenvalue weighted by atomic mass is 10.0. The zero-order valence-electron chi connectivity index (χ0n) is 18.4. The number of aromatic nitrogens is 1. The summed E-state index contributed by atoms with van der Waals surface area (Å²) in [6.07, 6.45) is 1.32. The maximum Gasteiger partial charge on any atom is 0.208 e. The lowest BCUT2D eigenvalue weighted by Gasteiger charge is -2.14. The van der Waals surface area contributed by atoms with Crippen molar-refractivity contribution in [2.45, 2.75) is 30.6 Å². The number of benzene rings is 3. The normalized spacial score (nSPS) is 11.5. The third-order valence-electron chi connectivity index (χ3n) is 5.51. The number of carbonyl (C=O) groups is 1. The van der Waals surface area contributed by atoms with Gasteiger partial charge >= 0.3 is 0 Å². The van der Waals surface area contributed by atoms with Crippen molar-refractivity contribution in [3.63, 3.8) is 0 Å². The number of carbonyl (C=O) groups excluding carboxylic acids is 1. The van der Waals surface area contributed by atoms with Gasteiger partial charge in [-0.3, -0.25) is 9.78 Å². The predicted octanol–water partition coefficient (Wildman–Crippen LogP) is 5.97. The summed E-state index contributed by atoms with van der Waals surface area (Å²) in [5.41, 5.74) is 2.57. The number of ether oxygens (including phenoxy) is 1. The monoisotopic (exact) mass is 479 g/mol. The minimum absolute atomic E-state index is 0.00726. The molecule has 0 fully saturated rings. The lowest BCUT2D eigenvalue weighted by molar-refractivity contribution is 0.103. The van der Waals surface area contributed by atoms with Crippen LogP contribution >= 0.6 is 11.6 Å². The van der Waals surface area contributed by atoms with E-state index in [2.05, 4.69) is 4.98 Å². The first-order chi connectivity index (χ1) is 15.7. The quantitative estimate of drug-likeness (QED) is 0.318. The van der Waals surface area contributed by atoms with Gasteiger partial charge in [0.05, 0.1) is 27.5 Å². The standard InChI is InChI=1S/C26H22ClNO4S/c1-4-32-20-9-6-18(7-10-20)25(29)23-15-28-24-12-8-19(27)14-22(24)26(23)33(30,31)21-11-5-16(2)17(3)13-21/h5-15H,4H2,1-3H3. The van der Waals surface area contributed by atoms with Gasteiger partial charge in [0, 0.05) is 22.2 Å². The molecule has 0 saturated carbocycles. The van der Waals surface area contributed by atoms with E-state index in [1.165, 1.54) is 12.3 Å². The van der Waals surface area contributed by atoms with Crippen molar-refractivity contribution in [3.8, 4) is 5.75 Å². The fourth-order valence-electron chi connectivity index (χ4n) is 3.62. The average Bonchev–Trinajstić information content (AvgIpc) is 2.80. The molecule has 1 aromatic heterocycles. The van der Waals surface area contributed by atoms with Gasteiger partial charge in [0.15, 0.2) is 5.78 Å². The molecular weight excluding hydrogens is 458 g/mol. The van der Waals surface area contributed by atoms with Crippen molar-refractivity contribution in [3.05, 3.63) is 94.1 Å². The van der Waals surface area contributed by atoms with Crippen LogP contribution in [-0.2, 0) is 9.84 Å². The van der Waals surface area contributed by atoms with Crippen LogP contribution in [0.3, 0.4) is 0 Å². The van der Waals surface area contributed by atoms with Crippen molar-refractivity contribution in [2.24, 2.45) is 0 Å². The third-order valence-corrected chi connectivity index (χ3v) is 7.60. The number of fused-ring (bicyclic) bond motifs is 1. The van der Waals surface area contributed by atoms with E-state index in [1.54, 1.807) is 54.6 Å². The lowest BCUT2D eigenvalue weighted by Crippen LogP contribution is -2.13. The molecule has 0 N–H and O–H groups in total. The van der Waals surface area contributed by atoms with Gasteiger partial charge in [-0.15, -0.1) is 0 Å². The van der Waals surface area contributed by atoms with Crippen LogP contribution in [0.4, 0.5) is 0 Å². The van der Waals surface area contributed by atoms with E-state index in [4.69, 9.17) is 16.3 Å². The van der Waals surface area contributed by atoms with Gasteiger partial charge in [-0.25, -0.2) is 8.42 Å². The van der Waals surface area contributed by atoms with Gasteiger partial charge in [0.25, 0.3) is 0 Å². The summed E-state index contributed by atoms with van der Waals surface area (Å²) >= 11 is 6.21. The molecule has 0 aliphatic heterocycles. The highest BCUT2D eigenvalue weighted by Gasteiger charge is 2.29. The fraction of sp³-hybridized carbons (Fsp3) is 0.154. The van der Waals surface area contributed by atoms with Gasteiger partial charge in [-0.2, -0.15) is 0 Å². The smallest absolute Gasteiger partial charge is 0.208 e. The van der Waals surface area contributed by atoms with Gasteiger partial charge in [0.2, 0.25) is 9.84 Å². The number of rotatable bonds is 6. The summed E-state index contributed by atoms with van der Waals surface area (Å²) in [5, 5.41) is 0.656. The molecule has 3 aromatic carbocycles. The Hall–Kier alpha value is -3.22. The number of halogens is 1. The molecule has 1 heterocycles. The van der Waals surface area contributed by atoms with Crippen molar-refractivity contribution >= 4 is 38.1 Å². The molecule has 0 aliphatic rings. The molecular formula is C26H22ClNO4S. The van der Waals surface area contributed by atoms with Gasteiger partial charge < -0.3 is 4.74 Å². The molecule has 168 valence electrons. The van der Waals surface area contributed by atoms with Crippen molar-refractivity contribution in [1.82, 2.24) is 4.98 Å². The first kappa shape index (κ1) is 23.0. The van der Waals surface area contributed by atoms with E-state index in [0.717, 1.165) is 11.1 Å². The molecule has 4 rings (SSSR count). The SMILES string of the molecule is CCOc1ccc(C(=O)c2cnc3ccc(Cl)cc3c2S(=O)(=O)c2ccc(C)c(C)c2)cc1. The highest BCUT2D eigenvalue weighted by molar-refractivity contribution is 7.91. The topological polar surface area (TPSA) is 73.3 Å². The minimum atomic E-state index is -4.07. The summed E-state index contributed by atoms with van der Waals surface area (Å²) in [5.74, 6) is 0.176. The van der Waals surface area contributed by atoms with Crippen LogP contribution in [0, 0.1) is 13.8 Å². The van der Waals surface area contributed by atoms with E-state index >= 15 is 0 Å². The summed E-state index contributed by atoms with van der Waals surface area (Å²) in [6.45, 7) is 6.13. The van der Waals surface area contributed by atoms with Crippen LogP contribution in [0.25, 0.3) is 10.9 Å². The van der Waals surface area contributed by atoms with Crippen LogP contribution in [0.1, 0.15) is 34.0 Å². The molecule has 0 saturated heterocycles. The van der Waals surface area contributed by atoms with Crippen molar-refractivity contribution < 1.29 is 17.9 Å². The van der Waals surface area contributed by atoms with E-state index in [-0.39, 0.29) is 15.4 Å². The molecule has 0 spiro atoms. The Morgan fingerprint density at radius 3 is 2.36 bits per heavy atom. The number of pyridine rings is 1. The molecule has 33 heavy (non-hydrogen) atoms. The molecule has 0 unspecified atom stereocenters. The van der Waals surface area contributed by atoms with Crippen LogP contribution in [0.15, 0.2) is 76.7 Å². The Labute approximate surface area is 197 Å². The maximum atomic E-state index is 13.9. The molecule has 0 atom stereocenters. The second-order valence-corrected chi connectivity index (χ2v) is 10.0. The Kier molecular flexibility index (Phi) is 6.23. The summed E-state index contributed by atoms with van der Waals surface area (Å²) < 4.78 is 33.2. The number of hydrogen-bond donors (Lipinski definition) is 0. The molecule has 0 bridgehead atoms. The highest BCUT2D eigenvalue weighted by atomic mass is 35.5. The van der Waals surface area contributed by atoms with Crippen molar-refractivity contribution in [2.75, 3.05) is 6.61 Å². The zero-order valence-corrected chi connectivity index (χ0v) is 20.0. The summed E-state index contributed by atoms with van der Waals surface area (Å²) in [4.78, 5) is 17.8. The van der Waals surface area contributed by atoms with E-state index in [9.17, 15) is 13.2 Å². The van der Waals surface area contributed by atoms with Crippen LogP contribution in [0.5, 0.6) is 5.75 Å². The van der Waals surface area contributed by atoms with E-state index < -0.39 is 15.6 Å². The van der Waals surface area contributed by atoms with Crippen molar-refractivity contribution in [1.29, 1.82) is 0 Å². The fourth-order valence-corrected chi connectivity index (χ4v) is 5.49. The third kappa shape index (κ3) is 4.36. The second-order valence-electron chi connectivity index (χ2n) is 7.70. The Bertz CT molecular complexity index is 1480. The molecule has 0 aliphatic carbocycles. The first-order valence-corrected chi connectivity index (χ1v) is 12.3. The number of nitrogens with zero attached hydrogens (tertiary/aromatic N) is 1. The minimum Gasteiger partial charge on any atom is -0.494 e. The molecule has 5 nitrogen and oxygen atoms in total. The largest absolute Gasteiger partial charge is 0.494 e.